The Morgan fingerprint density at radius 1 is 0.667 bits per heavy atom. The van der Waals surface area contributed by atoms with E-state index in [1.165, 1.54) is 41.7 Å². The molecule has 6 rings (SSSR count). The van der Waals surface area contributed by atoms with Gasteiger partial charge in [0.05, 0.1) is 11.2 Å². The van der Waals surface area contributed by atoms with Gasteiger partial charge >= 0.3 is 7.12 Å². The molecular weight excluding hydrogens is 387 g/mol. The topological polar surface area (TPSA) is 18.5 Å². The van der Waals surface area contributed by atoms with Crippen molar-refractivity contribution in [2.45, 2.75) is 38.9 Å². The molecule has 0 aliphatic carbocycles. The van der Waals surface area contributed by atoms with Gasteiger partial charge in [0, 0.05) is 20.2 Å². The average Bonchev–Trinajstić information content (AvgIpc) is 3.18. The van der Waals surface area contributed by atoms with Crippen LogP contribution in [-0.4, -0.2) is 18.3 Å². The number of thiophene rings is 1. The van der Waals surface area contributed by atoms with Crippen molar-refractivity contribution >= 4 is 65.6 Å². The highest BCUT2D eigenvalue weighted by atomic mass is 32.1. The molecule has 0 N–H and O–H groups in total. The quantitative estimate of drug-likeness (QED) is 0.288. The van der Waals surface area contributed by atoms with E-state index in [4.69, 9.17) is 9.31 Å². The molecule has 0 unspecified atom stereocenters. The van der Waals surface area contributed by atoms with E-state index in [1.807, 2.05) is 11.3 Å². The van der Waals surface area contributed by atoms with Crippen molar-refractivity contribution in [3.05, 3.63) is 66.7 Å². The normalized spacial score (nSPS) is 18.2. The Morgan fingerprint density at radius 2 is 1.27 bits per heavy atom. The van der Waals surface area contributed by atoms with Crippen LogP contribution in [0.25, 0.3) is 41.7 Å². The predicted molar refractivity (Wildman–Crippen MR) is 130 cm³/mol. The molecule has 5 aromatic rings. The molecule has 0 amide bonds. The van der Waals surface area contributed by atoms with E-state index in [0.29, 0.717) is 0 Å². The van der Waals surface area contributed by atoms with Crippen molar-refractivity contribution in [2.75, 3.05) is 0 Å². The van der Waals surface area contributed by atoms with Crippen LogP contribution in [0.4, 0.5) is 0 Å². The van der Waals surface area contributed by atoms with Crippen molar-refractivity contribution < 1.29 is 9.31 Å². The van der Waals surface area contributed by atoms with Gasteiger partial charge in [0.15, 0.2) is 0 Å². The van der Waals surface area contributed by atoms with Gasteiger partial charge in [-0.2, -0.15) is 0 Å². The summed E-state index contributed by atoms with van der Waals surface area (Å²) in [6.45, 7) is 8.44. The van der Waals surface area contributed by atoms with Crippen molar-refractivity contribution in [3.8, 4) is 0 Å². The average molecular weight is 410 g/mol. The van der Waals surface area contributed by atoms with Crippen molar-refractivity contribution in [2.24, 2.45) is 0 Å². The van der Waals surface area contributed by atoms with Crippen molar-refractivity contribution in [3.63, 3.8) is 0 Å². The minimum atomic E-state index is -0.367. The molecule has 0 spiro atoms. The summed E-state index contributed by atoms with van der Waals surface area (Å²) in [5, 5.41) is 7.69. The van der Waals surface area contributed by atoms with Crippen LogP contribution in [0.2, 0.25) is 0 Å². The summed E-state index contributed by atoms with van der Waals surface area (Å²) in [4.78, 5) is 0. The van der Waals surface area contributed by atoms with E-state index in [1.54, 1.807) is 0 Å². The zero-order chi connectivity index (χ0) is 20.7. The first-order valence-corrected chi connectivity index (χ1v) is 11.3. The second-order valence-electron chi connectivity index (χ2n) is 9.27. The maximum atomic E-state index is 6.43. The Bertz CT molecular complexity index is 1450. The fourth-order valence-electron chi connectivity index (χ4n) is 4.52. The molecule has 1 aliphatic rings. The van der Waals surface area contributed by atoms with E-state index in [9.17, 15) is 0 Å². The van der Waals surface area contributed by atoms with Crippen LogP contribution < -0.4 is 5.46 Å². The van der Waals surface area contributed by atoms with Crippen LogP contribution in [0.15, 0.2) is 66.7 Å². The molecule has 1 fully saturated rings. The minimum absolute atomic E-state index is 0.356. The van der Waals surface area contributed by atoms with E-state index in [2.05, 4.69) is 94.4 Å². The summed E-state index contributed by atoms with van der Waals surface area (Å²) >= 11 is 1.85. The lowest BCUT2D eigenvalue weighted by Crippen LogP contribution is -2.41. The molecule has 4 aromatic carbocycles. The molecule has 1 saturated heterocycles. The number of hydrogen-bond donors (Lipinski definition) is 0. The zero-order valence-electron chi connectivity index (χ0n) is 17.7. The highest BCUT2D eigenvalue weighted by molar-refractivity contribution is 7.26. The lowest BCUT2D eigenvalue weighted by atomic mass is 9.75. The third-order valence-corrected chi connectivity index (χ3v) is 7.98. The van der Waals surface area contributed by atoms with Crippen LogP contribution >= 0.6 is 11.3 Å². The highest BCUT2D eigenvalue weighted by Crippen LogP contribution is 2.42. The van der Waals surface area contributed by atoms with Crippen LogP contribution in [-0.2, 0) is 9.31 Å². The smallest absolute Gasteiger partial charge is 0.399 e. The van der Waals surface area contributed by atoms with Gasteiger partial charge in [0.2, 0.25) is 0 Å². The summed E-state index contributed by atoms with van der Waals surface area (Å²) in [7, 11) is -0.367. The second kappa shape index (κ2) is 6.07. The molecule has 2 heterocycles. The van der Waals surface area contributed by atoms with Gasteiger partial charge in [-0.25, -0.2) is 0 Å². The highest BCUT2D eigenvalue weighted by Gasteiger charge is 2.52. The lowest BCUT2D eigenvalue weighted by Gasteiger charge is -2.32. The Labute approximate surface area is 180 Å². The molecule has 1 aromatic heterocycles. The molecule has 0 bridgehead atoms. The summed E-state index contributed by atoms with van der Waals surface area (Å²) in [5.74, 6) is 0. The van der Waals surface area contributed by atoms with Crippen LogP contribution in [0.1, 0.15) is 27.7 Å². The van der Waals surface area contributed by atoms with E-state index in [-0.39, 0.29) is 18.3 Å². The number of hydrogen-bond acceptors (Lipinski definition) is 3. The van der Waals surface area contributed by atoms with Crippen molar-refractivity contribution in [1.29, 1.82) is 0 Å². The van der Waals surface area contributed by atoms with Gasteiger partial charge in [0.25, 0.3) is 0 Å². The van der Waals surface area contributed by atoms with Crippen LogP contribution in [0, 0.1) is 0 Å². The first-order chi connectivity index (χ1) is 14.3. The van der Waals surface area contributed by atoms with Gasteiger partial charge in [-0.15, -0.1) is 11.3 Å². The third-order valence-electron chi connectivity index (χ3n) is 6.88. The Kier molecular flexibility index (Phi) is 3.72. The van der Waals surface area contributed by atoms with E-state index in [0.717, 1.165) is 5.46 Å². The SMILES string of the molecule is CC1(C)OB(c2cc3sc4cc5ccccc5cc4c3c3ccccc23)OC1(C)C. The first kappa shape index (κ1) is 18.4. The Balaban J connectivity index is 1.67. The molecule has 0 saturated carbocycles. The molecule has 0 radical (unpaired) electrons. The fourth-order valence-corrected chi connectivity index (χ4v) is 5.72. The summed E-state index contributed by atoms with van der Waals surface area (Å²) in [6.07, 6.45) is 0. The number of rotatable bonds is 1. The Morgan fingerprint density at radius 3 is 1.97 bits per heavy atom. The summed E-state index contributed by atoms with van der Waals surface area (Å²) < 4.78 is 15.5. The lowest BCUT2D eigenvalue weighted by molar-refractivity contribution is 0.00578. The van der Waals surface area contributed by atoms with Crippen LogP contribution in [0.5, 0.6) is 0 Å². The third kappa shape index (κ3) is 2.51. The van der Waals surface area contributed by atoms with Gasteiger partial charge in [-0.05, 0) is 72.9 Å². The number of fused-ring (bicyclic) bond motifs is 6. The monoisotopic (exact) mass is 410 g/mol. The van der Waals surface area contributed by atoms with Crippen molar-refractivity contribution in [1.82, 2.24) is 0 Å². The fraction of sp³-hybridized carbons (Fsp3) is 0.231. The molecule has 148 valence electrons. The first-order valence-electron chi connectivity index (χ1n) is 10.5. The standard InChI is InChI=1S/C26H23BO2S/c1-25(2)26(3,4)29-27(28-25)21-15-23-24(19-12-8-7-11-18(19)21)20-13-16-9-5-6-10-17(16)14-22(20)30-23/h5-15H,1-4H3. The summed E-state index contributed by atoms with van der Waals surface area (Å²) in [6, 6.07) is 24.2. The van der Waals surface area contributed by atoms with E-state index < -0.39 is 0 Å². The summed E-state index contributed by atoms with van der Waals surface area (Å²) in [5.41, 5.74) is 0.407. The van der Waals surface area contributed by atoms with Gasteiger partial charge in [0.1, 0.15) is 0 Å². The molecule has 0 atom stereocenters. The number of benzene rings is 4. The maximum Gasteiger partial charge on any atom is 0.495 e. The largest absolute Gasteiger partial charge is 0.495 e. The van der Waals surface area contributed by atoms with Crippen LogP contribution in [0.3, 0.4) is 0 Å². The molecule has 4 heteroatoms. The maximum absolute atomic E-state index is 6.43. The molecule has 30 heavy (non-hydrogen) atoms. The van der Waals surface area contributed by atoms with Gasteiger partial charge in [-0.1, -0.05) is 48.5 Å². The second-order valence-corrected chi connectivity index (χ2v) is 10.4. The van der Waals surface area contributed by atoms with Gasteiger partial charge < -0.3 is 9.31 Å². The molecule has 2 nitrogen and oxygen atoms in total. The molecule has 1 aliphatic heterocycles. The minimum Gasteiger partial charge on any atom is -0.399 e. The zero-order valence-corrected chi connectivity index (χ0v) is 18.5. The van der Waals surface area contributed by atoms with E-state index >= 15 is 0 Å². The predicted octanol–water partition coefficient (Wildman–Crippen LogP) is 6.66. The molecular formula is C26H23BO2S. The van der Waals surface area contributed by atoms with Gasteiger partial charge in [-0.3, -0.25) is 0 Å². The Hall–Kier alpha value is -2.40.